The van der Waals surface area contributed by atoms with E-state index in [0.717, 1.165) is 5.56 Å². The molecule has 0 fully saturated rings. The molecule has 0 radical (unpaired) electrons. The van der Waals surface area contributed by atoms with E-state index >= 15 is 0 Å². The van der Waals surface area contributed by atoms with E-state index in [1.807, 2.05) is 13.0 Å². The van der Waals surface area contributed by atoms with Crippen LogP contribution in [0.15, 0.2) is 28.7 Å². The van der Waals surface area contributed by atoms with E-state index in [4.69, 9.17) is 9.68 Å². The predicted molar refractivity (Wildman–Crippen MR) is 70.7 cm³/mol. The van der Waals surface area contributed by atoms with Crippen LogP contribution in [0.1, 0.15) is 24.1 Å². The van der Waals surface area contributed by atoms with Crippen molar-refractivity contribution in [1.82, 2.24) is 4.98 Å². The van der Waals surface area contributed by atoms with E-state index in [0.29, 0.717) is 18.3 Å². The fourth-order valence-electron chi connectivity index (χ4n) is 1.51. The van der Waals surface area contributed by atoms with E-state index < -0.39 is 0 Å². The number of nitrogens with zero attached hydrogens (tertiary/aromatic N) is 2. The lowest BCUT2D eigenvalue weighted by atomic mass is 10.2. The molecule has 0 aliphatic heterocycles. The predicted octanol–water partition coefficient (Wildman–Crippen LogP) is 3.29. The smallest absolute Gasteiger partial charge is 0.232 e. The normalized spacial score (nSPS) is 10.6. The fraction of sp³-hybridized carbons (Fsp3) is 0.143. The van der Waals surface area contributed by atoms with Gasteiger partial charge in [-0.2, -0.15) is 10.2 Å². The van der Waals surface area contributed by atoms with Crippen LogP contribution in [0.3, 0.4) is 0 Å². The lowest BCUT2D eigenvalue weighted by molar-refractivity contribution is 0.559. The van der Waals surface area contributed by atoms with Crippen LogP contribution in [-0.4, -0.2) is 11.5 Å². The summed E-state index contributed by atoms with van der Waals surface area (Å²) < 4.78 is 18.1. The molecule has 1 aromatic carbocycles. The van der Waals surface area contributed by atoms with Gasteiger partial charge in [0.25, 0.3) is 0 Å². The van der Waals surface area contributed by atoms with Crippen molar-refractivity contribution in [1.29, 1.82) is 5.26 Å². The highest BCUT2D eigenvalue weighted by atomic mass is 19.1. The Morgan fingerprint density at radius 3 is 2.74 bits per heavy atom. The SMILES string of the molecule is CCNc1oc(/C=C/c2ccc(F)cc2)nc1C#N. The minimum Gasteiger partial charge on any atom is -0.420 e. The molecule has 0 aliphatic rings. The van der Waals surface area contributed by atoms with E-state index in [9.17, 15) is 4.39 Å². The minimum absolute atomic E-state index is 0.223. The lowest BCUT2D eigenvalue weighted by Gasteiger charge is -1.94. The second-order valence-corrected chi connectivity index (χ2v) is 3.76. The minimum atomic E-state index is -0.283. The van der Waals surface area contributed by atoms with Crippen molar-refractivity contribution in [2.75, 3.05) is 11.9 Å². The number of nitriles is 1. The van der Waals surface area contributed by atoms with E-state index in [1.165, 1.54) is 12.1 Å². The van der Waals surface area contributed by atoms with Crippen LogP contribution >= 0.6 is 0 Å². The lowest BCUT2D eigenvalue weighted by Crippen LogP contribution is -1.96. The zero-order valence-electron chi connectivity index (χ0n) is 10.4. The number of rotatable bonds is 4. The van der Waals surface area contributed by atoms with Gasteiger partial charge < -0.3 is 9.73 Å². The van der Waals surface area contributed by atoms with Crippen molar-refractivity contribution in [3.05, 3.63) is 47.2 Å². The maximum atomic E-state index is 12.7. The number of oxazole rings is 1. The summed E-state index contributed by atoms with van der Waals surface area (Å²) in [7, 11) is 0. The van der Waals surface area contributed by atoms with Crippen molar-refractivity contribution in [2.24, 2.45) is 0 Å². The van der Waals surface area contributed by atoms with E-state index in [-0.39, 0.29) is 11.5 Å². The average molecular weight is 257 g/mol. The van der Waals surface area contributed by atoms with Crippen molar-refractivity contribution >= 4 is 18.0 Å². The molecule has 0 bridgehead atoms. The van der Waals surface area contributed by atoms with E-state index in [1.54, 1.807) is 24.3 Å². The third kappa shape index (κ3) is 3.19. The molecular weight excluding hydrogens is 245 g/mol. The molecule has 0 saturated heterocycles. The highest BCUT2D eigenvalue weighted by Gasteiger charge is 2.09. The van der Waals surface area contributed by atoms with Gasteiger partial charge in [0.2, 0.25) is 17.5 Å². The first kappa shape index (κ1) is 12.8. The molecule has 96 valence electrons. The summed E-state index contributed by atoms with van der Waals surface area (Å²) in [6, 6.07) is 7.99. The molecule has 1 aromatic heterocycles. The molecule has 0 saturated carbocycles. The van der Waals surface area contributed by atoms with Gasteiger partial charge in [-0.05, 0) is 30.7 Å². The summed E-state index contributed by atoms with van der Waals surface area (Å²) in [4.78, 5) is 4.03. The van der Waals surface area contributed by atoms with Gasteiger partial charge in [-0.1, -0.05) is 12.1 Å². The Morgan fingerprint density at radius 1 is 1.37 bits per heavy atom. The van der Waals surface area contributed by atoms with Crippen LogP contribution in [0.25, 0.3) is 12.2 Å². The molecule has 0 spiro atoms. The van der Waals surface area contributed by atoms with Gasteiger partial charge in [-0.15, -0.1) is 0 Å². The first-order valence-electron chi connectivity index (χ1n) is 5.81. The van der Waals surface area contributed by atoms with Crippen LogP contribution in [0.4, 0.5) is 10.3 Å². The Labute approximate surface area is 110 Å². The van der Waals surface area contributed by atoms with Crippen LogP contribution in [0.2, 0.25) is 0 Å². The highest BCUT2D eigenvalue weighted by molar-refractivity contribution is 5.67. The summed E-state index contributed by atoms with van der Waals surface area (Å²) in [6.07, 6.45) is 3.37. The maximum absolute atomic E-state index is 12.7. The largest absolute Gasteiger partial charge is 0.420 e. The van der Waals surface area contributed by atoms with Crippen LogP contribution in [0.5, 0.6) is 0 Å². The first-order chi connectivity index (χ1) is 9.22. The molecular formula is C14H12FN3O. The van der Waals surface area contributed by atoms with Gasteiger partial charge in [0, 0.05) is 12.6 Å². The van der Waals surface area contributed by atoms with Gasteiger partial charge in [0.15, 0.2) is 0 Å². The molecule has 2 rings (SSSR count). The number of anilines is 1. The quantitative estimate of drug-likeness (QED) is 0.912. The standard InChI is InChI=1S/C14H12FN3O/c1-2-17-14-12(9-16)18-13(19-14)8-5-10-3-6-11(15)7-4-10/h3-8,17H,2H2,1H3/b8-5+. The third-order valence-corrected chi connectivity index (χ3v) is 2.38. The Morgan fingerprint density at radius 2 is 2.11 bits per heavy atom. The Balaban J connectivity index is 2.19. The summed E-state index contributed by atoms with van der Waals surface area (Å²) in [5.41, 5.74) is 1.05. The molecule has 1 N–H and O–H groups in total. The fourth-order valence-corrected chi connectivity index (χ4v) is 1.51. The van der Waals surface area contributed by atoms with Crippen LogP contribution in [0, 0.1) is 17.1 Å². The molecule has 5 heteroatoms. The number of benzene rings is 1. The summed E-state index contributed by atoms with van der Waals surface area (Å²) >= 11 is 0. The van der Waals surface area contributed by atoms with E-state index in [2.05, 4.69) is 10.3 Å². The van der Waals surface area contributed by atoms with Crippen LogP contribution < -0.4 is 5.32 Å². The zero-order chi connectivity index (χ0) is 13.7. The monoisotopic (exact) mass is 257 g/mol. The number of nitrogens with one attached hydrogen (secondary N) is 1. The van der Waals surface area contributed by atoms with Crippen LogP contribution in [-0.2, 0) is 0 Å². The molecule has 0 amide bonds. The zero-order valence-corrected chi connectivity index (χ0v) is 10.4. The molecule has 4 nitrogen and oxygen atoms in total. The van der Waals surface area contributed by atoms with Gasteiger partial charge in [0.05, 0.1) is 0 Å². The van der Waals surface area contributed by atoms with Crippen molar-refractivity contribution in [2.45, 2.75) is 6.92 Å². The van der Waals surface area contributed by atoms with Crippen molar-refractivity contribution in [3.63, 3.8) is 0 Å². The summed E-state index contributed by atoms with van der Waals surface area (Å²) in [5, 5.41) is 11.8. The van der Waals surface area contributed by atoms with Crippen molar-refractivity contribution < 1.29 is 8.81 Å². The molecule has 19 heavy (non-hydrogen) atoms. The average Bonchev–Trinajstić information content (AvgIpc) is 2.81. The van der Waals surface area contributed by atoms with Gasteiger partial charge in [-0.25, -0.2) is 4.39 Å². The Bertz CT molecular complexity index is 623. The Kier molecular flexibility index (Phi) is 3.94. The van der Waals surface area contributed by atoms with Gasteiger partial charge >= 0.3 is 0 Å². The number of halogens is 1. The number of hydrogen-bond acceptors (Lipinski definition) is 4. The molecule has 2 aromatic rings. The molecule has 0 atom stereocenters. The van der Waals surface area contributed by atoms with Crippen molar-refractivity contribution in [3.8, 4) is 6.07 Å². The maximum Gasteiger partial charge on any atom is 0.232 e. The third-order valence-electron chi connectivity index (χ3n) is 2.38. The highest BCUT2D eigenvalue weighted by Crippen LogP contribution is 2.18. The van der Waals surface area contributed by atoms with Gasteiger partial charge in [-0.3, -0.25) is 0 Å². The van der Waals surface area contributed by atoms with Gasteiger partial charge in [0.1, 0.15) is 11.9 Å². The number of aromatic nitrogens is 1. The molecule has 1 heterocycles. The second-order valence-electron chi connectivity index (χ2n) is 3.76. The molecule has 0 unspecified atom stereocenters. The second kappa shape index (κ2) is 5.83. The summed E-state index contributed by atoms with van der Waals surface area (Å²) in [6.45, 7) is 2.54. The first-order valence-corrected chi connectivity index (χ1v) is 5.81. The topological polar surface area (TPSA) is 61.9 Å². The number of hydrogen-bond donors (Lipinski definition) is 1. The summed E-state index contributed by atoms with van der Waals surface area (Å²) in [5.74, 6) is 0.412. The Hall–Kier alpha value is -2.61. The molecule has 0 aliphatic carbocycles.